The van der Waals surface area contributed by atoms with Gasteiger partial charge in [0.25, 0.3) is 5.91 Å². The molecular formula is C28H23N5O4. The second kappa shape index (κ2) is 9.11. The molecular weight excluding hydrogens is 470 g/mol. The van der Waals surface area contributed by atoms with Crippen molar-refractivity contribution in [1.29, 1.82) is 0 Å². The normalized spacial score (nSPS) is 16.5. The van der Waals surface area contributed by atoms with Gasteiger partial charge in [-0.15, -0.1) is 0 Å². The minimum Gasteiger partial charge on any atom is -0.378 e. The maximum Gasteiger partial charge on any atom is 0.254 e. The van der Waals surface area contributed by atoms with Gasteiger partial charge in [-0.1, -0.05) is 12.1 Å². The summed E-state index contributed by atoms with van der Waals surface area (Å²) in [6.45, 7) is 3.59. The molecule has 9 heteroatoms. The molecule has 2 aliphatic rings. The number of benzene rings is 2. The molecule has 1 saturated heterocycles. The quantitative estimate of drug-likeness (QED) is 0.436. The lowest BCUT2D eigenvalue weighted by Crippen LogP contribution is -2.40. The summed E-state index contributed by atoms with van der Waals surface area (Å²) in [5.74, 6) is -0.545. The fourth-order valence-corrected chi connectivity index (χ4v) is 4.88. The summed E-state index contributed by atoms with van der Waals surface area (Å²) in [5, 5.41) is 7.70. The van der Waals surface area contributed by atoms with E-state index in [0.717, 1.165) is 16.5 Å². The van der Waals surface area contributed by atoms with Crippen LogP contribution in [0.1, 0.15) is 33.3 Å². The van der Waals surface area contributed by atoms with E-state index in [1.807, 2.05) is 18.2 Å². The Labute approximate surface area is 212 Å². The number of aromatic amines is 1. The Morgan fingerprint density at radius 2 is 1.86 bits per heavy atom. The number of H-pyrrole nitrogens is 1. The number of amides is 2. The Morgan fingerprint density at radius 3 is 2.62 bits per heavy atom. The van der Waals surface area contributed by atoms with Crippen molar-refractivity contribution in [1.82, 2.24) is 20.1 Å². The first-order valence-corrected chi connectivity index (χ1v) is 12.0. The van der Waals surface area contributed by atoms with Crippen molar-refractivity contribution in [3.05, 3.63) is 83.4 Å². The highest BCUT2D eigenvalue weighted by molar-refractivity contribution is 6.26. The Hall–Kier alpha value is -4.63. The molecule has 37 heavy (non-hydrogen) atoms. The molecule has 2 aromatic carbocycles. The molecule has 0 atom stereocenters. The van der Waals surface area contributed by atoms with Crippen LogP contribution in [0.25, 0.3) is 28.1 Å². The molecule has 1 N–H and O–H groups in total. The van der Waals surface area contributed by atoms with Gasteiger partial charge in [0, 0.05) is 48.3 Å². The number of fused-ring (bicyclic) bond motifs is 2. The number of morpholine rings is 1. The molecule has 0 spiro atoms. The van der Waals surface area contributed by atoms with Crippen molar-refractivity contribution in [2.75, 3.05) is 31.2 Å². The zero-order chi connectivity index (χ0) is 25.5. The van der Waals surface area contributed by atoms with Gasteiger partial charge in [0.2, 0.25) is 11.7 Å². The van der Waals surface area contributed by atoms with Gasteiger partial charge in [0.05, 0.1) is 42.0 Å². The molecule has 2 aromatic heterocycles. The van der Waals surface area contributed by atoms with Gasteiger partial charge in [-0.3, -0.25) is 24.4 Å². The maximum absolute atomic E-state index is 13.2. The van der Waals surface area contributed by atoms with Crippen molar-refractivity contribution in [2.24, 2.45) is 0 Å². The van der Waals surface area contributed by atoms with Crippen molar-refractivity contribution in [3.63, 3.8) is 0 Å². The first-order chi connectivity index (χ1) is 18.0. The number of carbonyl (C=O) groups is 3. The smallest absolute Gasteiger partial charge is 0.254 e. The Morgan fingerprint density at radius 1 is 1.05 bits per heavy atom. The van der Waals surface area contributed by atoms with Crippen LogP contribution in [0.5, 0.6) is 0 Å². The summed E-state index contributed by atoms with van der Waals surface area (Å²) >= 11 is 0. The van der Waals surface area contributed by atoms with Gasteiger partial charge in [-0.25, -0.2) is 4.98 Å². The predicted octanol–water partition coefficient (Wildman–Crippen LogP) is 3.69. The first-order valence-electron chi connectivity index (χ1n) is 12.0. The number of nitrogens with one attached hydrogen (secondary N) is 1. The summed E-state index contributed by atoms with van der Waals surface area (Å²) in [4.78, 5) is 46.8. The molecule has 0 saturated carbocycles. The summed E-state index contributed by atoms with van der Waals surface area (Å²) in [7, 11) is 0. The van der Waals surface area contributed by atoms with Gasteiger partial charge in [0.15, 0.2) is 0 Å². The lowest BCUT2D eigenvalue weighted by Gasteiger charge is -2.27. The third kappa shape index (κ3) is 3.99. The molecule has 6 rings (SSSR count). The van der Waals surface area contributed by atoms with Gasteiger partial charge in [0.1, 0.15) is 0 Å². The van der Waals surface area contributed by atoms with Gasteiger partial charge >= 0.3 is 0 Å². The number of rotatable bonds is 3. The van der Waals surface area contributed by atoms with Gasteiger partial charge in [-0.05, 0) is 48.0 Å². The number of pyridine rings is 1. The minimum atomic E-state index is -0.258. The third-order valence-corrected chi connectivity index (χ3v) is 6.65. The first kappa shape index (κ1) is 22.8. The maximum atomic E-state index is 13.2. The van der Waals surface area contributed by atoms with E-state index in [-0.39, 0.29) is 23.3 Å². The number of ether oxygens (including phenoxy) is 1. The predicted molar refractivity (Wildman–Crippen MR) is 138 cm³/mol. The zero-order valence-corrected chi connectivity index (χ0v) is 20.1. The van der Waals surface area contributed by atoms with E-state index in [4.69, 9.17) is 9.72 Å². The van der Waals surface area contributed by atoms with E-state index in [1.54, 1.807) is 53.7 Å². The fourth-order valence-electron chi connectivity index (χ4n) is 4.88. The van der Waals surface area contributed by atoms with Crippen LogP contribution in [0.15, 0.2) is 66.6 Å². The summed E-state index contributed by atoms with van der Waals surface area (Å²) in [5.41, 5.74) is 4.64. The van der Waals surface area contributed by atoms with Crippen LogP contribution in [0.4, 0.5) is 5.69 Å². The SMILES string of the molecule is CC(=O)N1/C(=C/c2cc(-c3cn[nH]c3)c3cc(C(=O)N4CCOCC4)ccc3n2)C(=O)c2ccccc21. The standard InChI is InChI=1S/C28H23N5O4/c1-17(34)33-25-5-3-2-4-21(25)27(35)26(33)14-20-13-22(19-15-29-30-16-19)23-12-18(6-7-24(23)31-20)28(36)32-8-10-37-11-9-32/h2-7,12-16H,8-11H2,1H3,(H,29,30)/b26-14+. The average molecular weight is 494 g/mol. The van der Waals surface area contributed by atoms with Crippen LogP contribution in [0, 0.1) is 0 Å². The van der Waals surface area contributed by atoms with Crippen molar-refractivity contribution in [2.45, 2.75) is 6.92 Å². The summed E-state index contributed by atoms with van der Waals surface area (Å²) in [6, 6.07) is 14.3. The number of para-hydroxylation sites is 1. The molecule has 4 heterocycles. The molecule has 0 unspecified atom stereocenters. The van der Waals surface area contributed by atoms with Crippen molar-refractivity contribution in [3.8, 4) is 11.1 Å². The van der Waals surface area contributed by atoms with Crippen LogP contribution in [-0.2, 0) is 9.53 Å². The van der Waals surface area contributed by atoms with E-state index in [0.29, 0.717) is 54.3 Å². The number of ketones is 1. The molecule has 184 valence electrons. The van der Waals surface area contributed by atoms with Crippen molar-refractivity contribution >= 4 is 40.3 Å². The Kier molecular flexibility index (Phi) is 5.61. The number of carbonyl (C=O) groups excluding carboxylic acids is 3. The molecule has 0 aliphatic carbocycles. The highest BCUT2D eigenvalue weighted by Crippen LogP contribution is 2.36. The third-order valence-electron chi connectivity index (χ3n) is 6.65. The van der Waals surface area contributed by atoms with E-state index < -0.39 is 0 Å². The second-order valence-corrected chi connectivity index (χ2v) is 8.95. The fraction of sp³-hybridized carbons (Fsp3) is 0.179. The number of Topliss-reactive ketones (excluding diaryl/α,β-unsaturated/α-hetero) is 1. The largest absolute Gasteiger partial charge is 0.378 e. The van der Waals surface area contributed by atoms with E-state index in [1.165, 1.54) is 11.8 Å². The van der Waals surface area contributed by atoms with Crippen LogP contribution in [0.2, 0.25) is 0 Å². The topological polar surface area (TPSA) is 108 Å². The van der Waals surface area contributed by atoms with E-state index in [2.05, 4.69) is 10.2 Å². The number of allylic oxidation sites excluding steroid dienone is 1. The molecule has 2 aliphatic heterocycles. The minimum absolute atomic E-state index is 0.0547. The molecule has 0 radical (unpaired) electrons. The highest BCUT2D eigenvalue weighted by Gasteiger charge is 2.34. The Balaban J connectivity index is 1.47. The van der Waals surface area contributed by atoms with E-state index >= 15 is 0 Å². The van der Waals surface area contributed by atoms with Gasteiger partial charge < -0.3 is 9.64 Å². The average Bonchev–Trinajstić information content (AvgIpc) is 3.55. The van der Waals surface area contributed by atoms with Crippen LogP contribution in [0.3, 0.4) is 0 Å². The molecule has 0 bridgehead atoms. The molecule has 1 fully saturated rings. The van der Waals surface area contributed by atoms with E-state index in [9.17, 15) is 14.4 Å². The number of aromatic nitrogens is 3. The van der Waals surface area contributed by atoms with Crippen LogP contribution < -0.4 is 4.90 Å². The zero-order valence-electron chi connectivity index (χ0n) is 20.1. The Bertz CT molecular complexity index is 1590. The van der Waals surface area contributed by atoms with Gasteiger partial charge in [-0.2, -0.15) is 5.10 Å². The summed E-state index contributed by atoms with van der Waals surface area (Å²) in [6.07, 6.45) is 5.10. The lowest BCUT2D eigenvalue weighted by molar-refractivity contribution is -0.116. The highest BCUT2D eigenvalue weighted by atomic mass is 16.5. The van der Waals surface area contributed by atoms with Crippen molar-refractivity contribution < 1.29 is 19.1 Å². The number of nitrogens with zero attached hydrogens (tertiary/aromatic N) is 4. The molecule has 4 aromatic rings. The second-order valence-electron chi connectivity index (χ2n) is 8.95. The van der Waals surface area contributed by atoms with Crippen LogP contribution in [-0.4, -0.2) is 64.0 Å². The number of anilines is 1. The van der Waals surface area contributed by atoms with Crippen LogP contribution >= 0.6 is 0 Å². The monoisotopic (exact) mass is 493 g/mol. The summed E-state index contributed by atoms with van der Waals surface area (Å²) < 4.78 is 5.37. The molecule has 9 nitrogen and oxygen atoms in total. The number of hydrogen-bond donors (Lipinski definition) is 1. The lowest BCUT2D eigenvalue weighted by atomic mass is 10.00. The number of hydrogen-bond acceptors (Lipinski definition) is 6. The molecule has 2 amide bonds.